The average molecular weight is 461 g/mol. The molecule has 0 saturated carbocycles. The standard InChI is InChI=1S/C21H23N3O7S/c1-26-14-7-6-13(10-15(14)27-2)22-18(25)11-32-21-24-23-20(31-21)12-8-16(28-3)19(30-5)17(9-12)29-4/h6-10H,11H2,1-5H3,(H,22,25). The Morgan fingerprint density at radius 3 is 2.12 bits per heavy atom. The minimum atomic E-state index is -0.241. The highest BCUT2D eigenvalue weighted by atomic mass is 32.2. The van der Waals surface area contributed by atoms with Gasteiger partial charge in [0.1, 0.15) is 0 Å². The van der Waals surface area contributed by atoms with E-state index >= 15 is 0 Å². The average Bonchev–Trinajstić information content (AvgIpc) is 3.30. The number of methoxy groups -OCH3 is 5. The molecule has 3 rings (SSSR count). The van der Waals surface area contributed by atoms with E-state index in [1.54, 1.807) is 37.4 Å². The molecule has 3 aromatic rings. The van der Waals surface area contributed by atoms with E-state index in [1.807, 2.05) is 0 Å². The first-order valence-corrected chi connectivity index (χ1v) is 10.3. The van der Waals surface area contributed by atoms with Gasteiger partial charge in [-0.25, -0.2) is 0 Å². The molecule has 0 saturated heterocycles. The van der Waals surface area contributed by atoms with Crippen molar-refractivity contribution in [1.82, 2.24) is 10.2 Å². The maximum absolute atomic E-state index is 12.3. The van der Waals surface area contributed by atoms with Gasteiger partial charge in [-0.05, 0) is 24.3 Å². The summed E-state index contributed by atoms with van der Waals surface area (Å²) in [6.45, 7) is 0. The van der Waals surface area contributed by atoms with Crippen LogP contribution in [-0.4, -0.2) is 57.4 Å². The fourth-order valence-corrected chi connectivity index (χ4v) is 3.39. The second kappa shape index (κ2) is 10.6. The van der Waals surface area contributed by atoms with Crippen molar-refractivity contribution in [1.29, 1.82) is 0 Å². The van der Waals surface area contributed by atoms with Gasteiger partial charge in [-0.3, -0.25) is 4.79 Å². The molecule has 0 bridgehead atoms. The molecule has 32 heavy (non-hydrogen) atoms. The van der Waals surface area contributed by atoms with Crippen molar-refractivity contribution >= 4 is 23.4 Å². The Labute approximate surface area is 189 Å². The molecule has 2 aromatic carbocycles. The summed E-state index contributed by atoms with van der Waals surface area (Å²) in [5.41, 5.74) is 1.17. The third-order valence-corrected chi connectivity index (χ3v) is 5.13. The molecule has 1 heterocycles. The van der Waals surface area contributed by atoms with E-state index in [2.05, 4.69) is 15.5 Å². The fourth-order valence-electron chi connectivity index (χ4n) is 2.83. The number of carbonyl (C=O) groups is 1. The molecule has 10 nitrogen and oxygen atoms in total. The number of amides is 1. The zero-order chi connectivity index (χ0) is 23.1. The van der Waals surface area contributed by atoms with Crippen LogP contribution in [0.2, 0.25) is 0 Å². The molecule has 0 radical (unpaired) electrons. The van der Waals surface area contributed by atoms with Gasteiger partial charge in [0, 0.05) is 17.3 Å². The van der Waals surface area contributed by atoms with Crippen LogP contribution in [-0.2, 0) is 4.79 Å². The first-order chi connectivity index (χ1) is 15.5. The molecule has 0 atom stereocenters. The monoisotopic (exact) mass is 461 g/mol. The van der Waals surface area contributed by atoms with Crippen molar-refractivity contribution < 1.29 is 32.9 Å². The van der Waals surface area contributed by atoms with Crippen LogP contribution >= 0.6 is 11.8 Å². The van der Waals surface area contributed by atoms with E-state index < -0.39 is 0 Å². The Kier molecular flexibility index (Phi) is 7.66. The second-order valence-electron chi connectivity index (χ2n) is 6.19. The fraction of sp³-hybridized carbons (Fsp3) is 0.286. The topological polar surface area (TPSA) is 114 Å². The van der Waals surface area contributed by atoms with Crippen LogP contribution in [0.5, 0.6) is 28.7 Å². The molecule has 1 amide bonds. The quantitative estimate of drug-likeness (QED) is 0.450. The lowest BCUT2D eigenvalue weighted by atomic mass is 10.2. The van der Waals surface area contributed by atoms with E-state index in [4.69, 9.17) is 28.1 Å². The van der Waals surface area contributed by atoms with E-state index in [0.29, 0.717) is 40.0 Å². The molecule has 0 fully saturated rings. The number of hydrogen-bond acceptors (Lipinski definition) is 10. The van der Waals surface area contributed by atoms with Gasteiger partial charge in [0.15, 0.2) is 23.0 Å². The van der Waals surface area contributed by atoms with E-state index in [-0.39, 0.29) is 22.8 Å². The van der Waals surface area contributed by atoms with E-state index in [1.165, 1.54) is 28.4 Å². The highest BCUT2D eigenvalue weighted by Gasteiger charge is 2.18. The minimum absolute atomic E-state index is 0.0746. The lowest BCUT2D eigenvalue weighted by Gasteiger charge is -2.12. The smallest absolute Gasteiger partial charge is 0.277 e. The van der Waals surface area contributed by atoms with Crippen molar-refractivity contribution in [3.63, 3.8) is 0 Å². The molecule has 0 aliphatic heterocycles. The molecule has 1 N–H and O–H groups in total. The molecule has 0 aliphatic rings. The van der Waals surface area contributed by atoms with Gasteiger partial charge in [0.2, 0.25) is 17.5 Å². The van der Waals surface area contributed by atoms with Crippen LogP contribution in [0.1, 0.15) is 0 Å². The number of nitrogens with zero attached hydrogens (tertiary/aromatic N) is 2. The van der Waals surface area contributed by atoms with Crippen LogP contribution in [0.25, 0.3) is 11.5 Å². The summed E-state index contributed by atoms with van der Waals surface area (Å²) in [7, 11) is 7.64. The maximum Gasteiger partial charge on any atom is 0.277 e. The molecule has 0 spiro atoms. The van der Waals surface area contributed by atoms with Crippen molar-refractivity contribution in [3.05, 3.63) is 30.3 Å². The normalized spacial score (nSPS) is 10.4. The van der Waals surface area contributed by atoms with Crippen LogP contribution in [0.3, 0.4) is 0 Å². The third kappa shape index (κ3) is 5.17. The molecule has 0 unspecified atom stereocenters. The number of ether oxygens (including phenoxy) is 5. The lowest BCUT2D eigenvalue weighted by Crippen LogP contribution is -2.14. The number of thioether (sulfide) groups is 1. The summed E-state index contributed by atoms with van der Waals surface area (Å²) in [6, 6.07) is 8.51. The SMILES string of the molecule is COc1ccc(NC(=O)CSc2nnc(-c3cc(OC)c(OC)c(OC)c3)o2)cc1OC. The number of hydrogen-bond donors (Lipinski definition) is 1. The van der Waals surface area contributed by atoms with Crippen molar-refractivity contribution in [2.75, 3.05) is 46.6 Å². The number of anilines is 1. The Balaban J connectivity index is 1.66. The highest BCUT2D eigenvalue weighted by Crippen LogP contribution is 2.41. The summed E-state index contributed by atoms with van der Waals surface area (Å²) in [5, 5.41) is 11.1. The summed E-state index contributed by atoms with van der Waals surface area (Å²) in [6.07, 6.45) is 0. The predicted molar refractivity (Wildman–Crippen MR) is 118 cm³/mol. The number of aromatic nitrogens is 2. The van der Waals surface area contributed by atoms with Gasteiger partial charge < -0.3 is 33.4 Å². The number of rotatable bonds is 10. The van der Waals surface area contributed by atoms with Crippen LogP contribution in [0.4, 0.5) is 5.69 Å². The summed E-state index contributed by atoms with van der Waals surface area (Å²) >= 11 is 1.11. The minimum Gasteiger partial charge on any atom is -0.493 e. The number of carbonyl (C=O) groups excluding carboxylic acids is 1. The second-order valence-corrected chi connectivity index (χ2v) is 7.12. The van der Waals surface area contributed by atoms with Crippen LogP contribution in [0.15, 0.2) is 40.0 Å². The zero-order valence-electron chi connectivity index (χ0n) is 18.3. The van der Waals surface area contributed by atoms with E-state index in [9.17, 15) is 4.79 Å². The van der Waals surface area contributed by atoms with Gasteiger partial charge in [0.05, 0.1) is 41.3 Å². The molecule has 11 heteroatoms. The third-order valence-electron chi connectivity index (χ3n) is 4.31. The number of nitrogens with one attached hydrogen (secondary N) is 1. The predicted octanol–water partition coefficient (Wildman–Crippen LogP) is 3.51. The summed E-state index contributed by atoms with van der Waals surface area (Å²) in [5.74, 6) is 2.56. The molecule has 170 valence electrons. The van der Waals surface area contributed by atoms with Crippen molar-refractivity contribution in [2.45, 2.75) is 5.22 Å². The van der Waals surface area contributed by atoms with E-state index in [0.717, 1.165) is 11.8 Å². The number of benzene rings is 2. The van der Waals surface area contributed by atoms with Gasteiger partial charge in [0.25, 0.3) is 5.22 Å². The largest absolute Gasteiger partial charge is 0.493 e. The van der Waals surface area contributed by atoms with Crippen molar-refractivity contribution in [2.24, 2.45) is 0 Å². The maximum atomic E-state index is 12.3. The summed E-state index contributed by atoms with van der Waals surface area (Å²) in [4.78, 5) is 12.3. The van der Waals surface area contributed by atoms with Gasteiger partial charge in [-0.1, -0.05) is 11.8 Å². The first-order valence-electron chi connectivity index (χ1n) is 9.31. The van der Waals surface area contributed by atoms with Crippen LogP contribution in [0, 0.1) is 0 Å². The highest BCUT2D eigenvalue weighted by molar-refractivity contribution is 7.99. The van der Waals surface area contributed by atoms with Crippen molar-refractivity contribution in [3.8, 4) is 40.2 Å². The first kappa shape index (κ1) is 23.1. The molecule has 1 aromatic heterocycles. The Morgan fingerprint density at radius 2 is 1.53 bits per heavy atom. The molecular weight excluding hydrogens is 438 g/mol. The molecular formula is C21H23N3O7S. The Morgan fingerprint density at radius 1 is 0.875 bits per heavy atom. The summed E-state index contributed by atoms with van der Waals surface area (Å²) < 4.78 is 32.1. The zero-order valence-corrected chi connectivity index (χ0v) is 19.1. The van der Waals surface area contributed by atoms with Gasteiger partial charge in [-0.15, -0.1) is 10.2 Å². The van der Waals surface area contributed by atoms with Gasteiger partial charge in [-0.2, -0.15) is 0 Å². The molecule has 0 aliphatic carbocycles. The Bertz CT molecular complexity index is 1060. The van der Waals surface area contributed by atoms with Gasteiger partial charge >= 0.3 is 0 Å². The Hall–Kier alpha value is -3.60. The lowest BCUT2D eigenvalue weighted by molar-refractivity contribution is -0.113. The van der Waals surface area contributed by atoms with Crippen LogP contribution < -0.4 is 29.0 Å².